The zero-order chi connectivity index (χ0) is 21.7. The molecule has 7 heteroatoms. The van der Waals surface area contributed by atoms with Crippen molar-refractivity contribution in [1.29, 1.82) is 0 Å². The summed E-state index contributed by atoms with van der Waals surface area (Å²) in [4.78, 5) is 29.4. The number of hydrogen-bond donors (Lipinski definition) is 2. The number of carbonyl (C=O) groups excluding carboxylic acids is 2. The maximum Gasteiger partial charge on any atom is 0.313 e. The van der Waals surface area contributed by atoms with Crippen LogP contribution in [0.3, 0.4) is 0 Å². The Morgan fingerprint density at radius 3 is 2.17 bits per heavy atom. The van der Waals surface area contributed by atoms with Gasteiger partial charge < -0.3 is 15.5 Å². The second-order valence-electron chi connectivity index (χ2n) is 7.84. The second-order valence-corrected chi connectivity index (χ2v) is 7.84. The minimum absolute atomic E-state index is 0.128. The fourth-order valence-electron chi connectivity index (χ4n) is 3.73. The maximum atomic E-state index is 13.4. The summed E-state index contributed by atoms with van der Waals surface area (Å²) >= 11 is 0. The number of amides is 2. The molecule has 30 heavy (non-hydrogen) atoms. The van der Waals surface area contributed by atoms with Gasteiger partial charge in [0.25, 0.3) is 0 Å². The molecule has 1 aliphatic rings. The average Bonchev–Trinajstić information content (AvgIpc) is 2.73. The Morgan fingerprint density at radius 2 is 1.57 bits per heavy atom. The van der Waals surface area contributed by atoms with E-state index in [-0.39, 0.29) is 18.4 Å². The van der Waals surface area contributed by atoms with Crippen molar-refractivity contribution in [2.45, 2.75) is 19.9 Å². The van der Waals surface area contributed by atoms with Gasteiger partial charge in [-0.2, -0.15) is 0 Å². The summed E-state index contributed by atoms with van der Waals surface area (Å²) in [6.07, 6.45) is 0. The van der Waals surface area contributed by atoms with Gasteiger partial charge in [0.15, 0.2) is 0 Å². The fraction of sp³-hybridized carbons (Fsp3) is 0.391. The predicted molar refractivity (Wildman–Crippen MR) is 116 cm³/mol. The van der Waals surface area contributed by atoms with E-state index in [0.29, 0.717) is 5.69 Å². The van der Waals surface area contributed by atoms with Crippen LogP contribution in [0.25, 0.3) is 0 Å². The molecule has 0 bridgehead atoms. The smallest absolute Gasteiger partial charge is 0.313 e. The predicted octanol–water partition coefficient (Wildman–Crippen LogP) is 2.49. The van der Waals surface area contributed by atoms with Crippen molar-refractivity contribution in [1.82, 2.24) is 15.1 Å². The van der Waals surface area contributed by atoms with Crippen LogP contribution in [0.5, 0.6) is 0 Å². The third kappa shape index (κ3) is 5.43. The third-order valence-corrected chi connectivity index (χ3v) is 5.62. The van der Waals surface area contributed by atoms with Gasteiger partial charge in [0.2, 0.25) is 0 Å². The number of piperazine rings is 1. The quantitative estimate of drug-likeness (QED) is 0.741. The van der Waals surface area contributed by atoms with Gasteiger partial charge in [-0.3, -0.25) is 14.5 Å². The van der Waals surface area contributed by atoms with E-state index in [1.54, 1.807) is 12.1 Å². The van der Waals surface area contributed by atoms with Crippen LogP contribution in [0.2, 0.25) is 0 Å². The number of anilines is 1. The lowest BCUT2D eigenvalue weighted by atomic mass is 10.0. The number of carbonyl (C=O) groups is 2. The molecule has 1 atom stereocenters. The van der Waals surface area contributed by atoms with Crippen LogP contribution in [0.4, 0.5) is 10.1 Å². The number of nitrogens with one attached hydrogen (secondary N) is 2. The second kappa shape index (κ2) is 9.82. The largest absolute Gasteiger partial charge is 0.346 e. The Balaban J connectivity index is 1.67. The van der Waals surface area contributed by atoms with Crippen LogP contribution < -0.4 is 10.6 Å². The molecule has 2 aromatic rings. The molecule has 0 radical (unpaired) electrons. The van der Waals surface area contributed by atoms with E-state index >= 15 is 0 Å². The Bertz CT molecular complexity index is 872. The summed E-state index contributed by atoms with van der Waals surface area (Å²) in [6, 6.07) is 11.9. The van der Waals surface area contributed by atoms with Crippen LogP contribution in [0.1, 0.15) is 22.7 Å². The molecule has 0 spiro atoms. The van der Waals surface area contributed by atoms with E-state index in [1.165, 1.54) is 12.1 Å². The fourth-order valence-corrected chi connectivity index (χ4v) is 3.73. The summed E-state index contributed by atoms with van der Waals surface area (Å²) in [5, 5.41) is 5.48. The number of hydrogen-bond acceptors (Lipinski definition) is 4. The molecule has 2 amide bonds. The molecule has 1 heterocycles. The van der Waals surface area contributed by atoms with Gasteiger partial charge >= 0.3 is 11.8 Å². The molecule has 2 aromatic carbocycles. The molecule has 6 nitrogen and oxygen atoms in total. The molecule has 0 saturated carbocycles. The highest BCUT2D eigenvalue weighted by Crippen LogP contribution is 2.22. The Labute approximate surface area is 177 Å². The number of rotatable bonds is 5. The normalized spacial score (nSPS) is 16.1. The lowest BCUT2D eigenvalue weighted by molar-refractivity contribution is -0.136. The number of halogens is 1. The molecule has 0 aromatic heterocycles. The molecule has 3 rings (SSSR count). The Hall–Kier alpha value is -2.77. The van der Waals surface area contributed by atoms with Crippen molar-refractivity contribution in [3.05, 3.63) is 65.0 Å². The van der Waals surface area contributed by atoms with Crippen molar-refractivity contribution >= 4 is 17.5 Å². The van der Waals surface area contributed by atoms with Crippen molar-refractivity contribution in [3.8, 4) is 0 Å². The molecule has 1 aliphatic heterocycles. The first kappa shape index (κ1) is 21.9. The Morgan fingerprint density at radius 1 is 0.967 bits per heavy atom. The maximum absolute atomic E-state index is 13.4. The number of likely N-dealkylation sites (N-methyl/N-ethyl adjacent to an activating group) is 1. The van der Waals surface area contributed by atoms with E-state index in [2.05, 4.69) is 27.5 Å². The van der Waals surface area contributed by atoms with Crippen LogP contribution in [0, 0.1) is 19.7 Å². The Kier molecular flexibility index (Phi) is 7.18. The summed E-state index contributed by atoms with van der Waals surface area (Å²) in [5.74, 6) is -1.67. The SMILES string of the molecule is Cc1cccc(C)c1NC(=O)C(=O)NC[C@H](c1ccc(F)cc1)N1CCN(C)CC1. The lowest BCUT2D eigenvalue weighted by Gasteiger charge is -2.38. The molecule has 2 N–H and O–H groups in total. The van der Waals surface area contributed by atoms with E-state index < -0.39 is 11.8 Å². The van der Waals surface area contributed by atoms with Crippen LogP contribution in [-0.2, 0) is 9.59 Å². The molecule has 1 fully saturated rings. The van der Waals surface area contributed by atoms with E-state index in [1.807, 2.05) is 32.0 Å². The van der Waals surface area contributed by atoms with Gasteiger partial charge in [-0.15, -0.1) is 0 Å². The average molecular weight is 413 g/mol. The van der Waals surface area contributed by atoms with Crippen molar-refractivity contribution in [2.24, 2.45) is 0 Å². The standard InChI is InChI=1S/C23H29FN4O2/c1-16-5-4-6-17(2)21(16)26-23(30)22(29)25-15-20(18-7-9-19(24)10-8-18)28-13-11-27(3)12-14-28/h4-10,20H,11-15H2,1-3H3,(H,25,29)(H,26,30)/t20-/m1/s1. The molecule has 160 valence electrons. The highest BCUT2D eigenvalue weighted by Gasteiger charge is 2.25. The van der Waals surface area contributed by atoms with Crippen LogP contribution in [0.15, 0.2) is 42.5 Å². The highest BCUT2D eigenvalue weighted by atomic mass is 19.1. The van der Waals surface area contributed by atoms with E-state index in [4.69, 9.17) is 0 Å². The van der Waals surface area contributed by atoms with E-state index in [0.717, 1.165) is 42.9 Å². The molecule has 0 aliphatic carbocycles. The van der Waals surface area contributed by atoms with Gasteiger partial charge in [0.1, 0.15) is 5.82 Å². The number of aryl methyl sites for hydroxylation is 2. The minimum atomic E-state index is -0.691. The molecular weight excluding hydrogens is 383 g/mol. The van der Waals surface area contributed by atoms with Crippen LogP contribution in [-0.4, -0.2) is 61.4 Å². The van der Waals surface area contributed by atoms with Crippen molar-refractivity contribution in [3.63, 3.8) is 0 Å². The van der Waals surface area contributed by atoms with E-state index in [9.17, 15) is 14.0 Å². The van der Waals surface area contributed by atoms with Crippen molar-refractivity contribution in [2.75, 3.05) is 45.1 Å². The summed E-state index contributed by atoms with van der Waals surface area (Å²) in [6.45, 7) is 7.55. The zero-order valence-electron chi connectivity index (χ0n) is 17.7. The number of nitrogens with zero attached hydrogens (tertiary/aromatic N) is 2. The van der Waals surface area contributed by atoms with Gasteiger partial charge in [-0.25, -0.2) is 4.39 Å². The first-order valence-electron chi connectivity index (χ1n) is 10.2. The van der Waals surface area contributed by atoms with Gasteiger partial charge in [-0.05, 0) is 49.7 Å². The van der Waals surface area contributed by atoms with Crippen molar-refractivity contribution < 1.29 is 14.0 Å². The van der Waals surface area contributed by atoms with Gasteiger partial charge in [0.05, 0.1) is 6.04 Å². The lowest BCUT2D eigenvalue weighted by Crippen LogP contribution is -2.49. The van der Waals surface area contributed by atoms with Gasteiger partial charge in [0, 0.05) is 38.4 Å². The monoisotopic (exact) mass is 412 g/mol. The molecular formula is C23H29FN4O2. The summed E-state index contributed by atoms with van der Waals surface area (Å²) in [5.41, 5.74) is 3.37. The van der Waals surface area contributed by atoms with Gasteiger partial charge in [-0.1, -0.05) is 30.3 Å². The molecule has 1 saturated heterocycles. The zero-order valence-corrected chi connectivity index (χ0v) is 17.7. The number of para-hydroxylation sites is 1. The number of benzene rings is 2. The topological polar surface area (TPSA) is 64.7 Å². The highest BCUT2D eigenvalue weighted by molar-refractivity contribution is 6.39. The summed E-state index contributed by atoms with van der Waals surface area (Å²) in [7, 11) is 2.07. The first-order chi connectivity index (χ1) is 14.3. The van der Waals surface area contributed by atoms with Crippen LogP contribution >= 0.6 is 0 Å². The third-order valence-electron chi connectivity index (χ3n) is 5.62. The molecule has 0 unspecified atom stereocenters. The first-order valence-corrected chi connectivity index (χ1v) is 10.2. The summed E-state index contributed by atoms with van der Waals surface area (Å²) < 4.78 is 13.4. The minimum Gasteiger partial charge on any atom is -0.346 e.